The number of rotatable bonds is 8. The predicted molar refractivity (Wildman–Crippen MR) is 230 cm³/mol. The highest BCUT2D eigenvalue weighted by molar-refractivity contribution is 7.87. The van der Waals surface area contributed by atoms with Crippen molar-refractivity contribution in [2.24, 2.45) is 5.92 Å². The van der Waals surface area contributed by atoms with Crippen LogP contribution in [0.1, 0.15) is 112 Å². The monoisotopic (exact) mass is 868 g/mol. The first-order valence-electron chi connectivity index (χ1n) is 20.7. The maximum Gasteiger partial charge on any atom is 0.408 e. The highest BCUT2D eigenvalue weighted by atomic mass is 32.2. The number of nitrogens with zero attached hydrogens (tertiary/aromatic N) is 5. The van der Waals surface area contributed by atoms with E-state index in [0.29, 0.717) is 30.8 Å². The van der Waals surface area contributed by atoms with E-state index in [2.05, 4.69) is 41.5 Å². The van der Waals surface area contributed by atoms with E-state index < -0.39 is 69.3 Å². The lowest BCUT2D eigenvalue weighted by molar-refractivity contribution is -0.141. The largest absolute Gasteiger partial charge is 0.459 e. The third kappa shape index (κ3) is 9.81. The predicted octanol–water partition coefficient (Wildman–Crippen LogP) is 5.60. The van der Waals surface area contributed by atoms with E-state index in [9.17, 15) is 27.6 Å². The highest BCUT2D eigenvalue weighted by Gasteiger charge is 2.62. The van der Waals surface area contributed by atoms with Crippen LogP contribution in [0.4, 0.5) is 4.79 Å². The van der Waals surface area contributed by atoms with Crippen LogP contribution in [0.3, 0.4) is 0 Å². The number of fused-ring (bicyclic) bond motifs is 3. The Morgan fingerprint density at radius 2 is 1.80 bits per heavy atom. The van der Waals surface area contributed by atoms with Crippen molar-refractivity contribution in [3.8, 4) is 16.6 Å². The number of para-hydroxylation sites is 1. The summed E-state index contributed by atoms with van der Waals surface area (Å²) in [7, 11) is -1.59. The number of imidazole rings is 1. The number of ether oxygens (including phenoxy) is 2. The number of hydrogen-bond acceptors (Lipinski definition) is 11. The molecule has 6 rings (SSSR count). The van der Waals surface area contributed by atoms with E-state index in [1.54, 1.807) is 32.1 Å². The Labute approximate surface area is 357 Å². The van der Waals surface area contributed by atoms with Crippen molar-refractivity contribution in [3.05, 3.63) is 41.4 Å². The van der Waals surface area contributed by atoms with Gasteiger partial charge >= 0.3 is 16.3 Å². The fourth-order valence-electron chi connectivity index (χ4n) is 7.66. The molecule has 1 aromatic carbocycles. The van der Waals surface area contributed by atoms with Gasteiger partial charge in [-0.05, 0) is 72.4 Å². The van der Waals surface area contributed by atoms with Crippen molar-refractivity contribution >= 4 is 56.4 Å². The van der Waals surface area contributed by atoms with Crippen LogP contribution in [0.5, 0.6) is 6.01 Å². The van der Waals surface area contributed by atoms with Gasteiger partial charge in [-0.1, -0.05) is 51.8 Å². The Kier molecular flexibility index (Phi) is 12.8. The van der Waals surface area contributed by atoms with Crippen LogP contribution in [0.2, 0.25) is 0 Å². The zero-order valence-electron chi connectivity index (χ0n) is 36.3. The van der Waals surface area contributed by atoms with Crippen molar-refractivity contribution in [1.82, 2.24) is 39.1 Å². The Morgan fingerprint density at radius 3 is 2.45 bits per heavy atom. The molecule has 1 saturated heterocycles. The van der Waals surface area contributed by atoms with Crippen LogP contribution in [0.15, 0.2) is 35.7 Å². The van der Waals surface area contributed by atoms with Gasteiger partial charge in [-0.15, -0.1) is 11.3 Å². The first-order chi connectivity index (χ1) is 28.0. The lowest BCUT2D eigenvalue weighted by Gasteiger charge is -2.30. The van der Waals surface area contributed by atoms with Gasteiger partial charge in [0.05, 0.1) is 17.8 Å². The minimum atomic E-state index is -4.18. The van der Waals surface area contributed by atoms with Gasteiger partial charge in [0.15, 0.2) is 0 Å². The van der Waals surface area contributed by atoms with Crippen molar-refractivity contribution in [2.75, 3.05) is 20.6 Å². The number of amides is 4. The fourth-order valence-corrected chi connectivity index (χ4v) is 9.33. The number of nitrogens with one attached hydrogen (secondary N) is 3. The molecule has 3 aromatic rings. The molecular weight excluding hydrogens is 809 g/mol. The van der Waals surface area contributed by atoms with Crippen LogP contribution >= 0.6 is 11.3 Å². The number of hydrogen-bond donors (Lipinski definition) is 3. The second-order valence-corrected chi connectivity index (χ2v) is 21.3. The van der Waals surface area contributed by atoms with E-state index in [-0.39, 0.29) is 30.8 Å². The van der Waals surface area contributed by atoms with Gasteiger partial charge in [0.25, 0.3) is 11.9 Å². The summed E-state index contributed by atoms with van der Waals surface area (Å²) in [5.74, 6) is -2.49. The van der Waals surface area contributed by atoms with E-state index in [1.807, 2.05) is 48.8 Å². The number of alkyl carbamates (subject to hydrolysis) is 1. The van der Waals surface area contributed by atoms with Gasteiger partial charge < -0.3 is 25.0 Å². The molecule has 2 fully saturated rings. The molecule has 0 bridgehead atoms. The molecule has 4 heterocycles. The molecule has 5 atom stereocenters. The lowest BCUT2D eigenvalue weighted by Crippen LogP contribution is -2.58. The molecule has 0 spiro atoms. The molecule has 60 heavy (non-hydrogen) atoms. The van der Waals surface area contributed by atoms with Gasteiger partial charge in [-0.3, -0.25) is 19.0 Å². The third-order valence-corrected chi connectivity index (χ3v) is 13.3. The molecule has 1 saturated carbocycles. The van der Waals surface area contributed by atoms with Crippen LogP contribution in [-0.4, -0.2) is 106 Å². The van der Waals surface area contributed by atoms with Crippen molar-refractivity contribution in [2.45, 2.75) is 141 Å². The molecular formula is C42H60N8O8S2. The van der Waals surface area contributed by atoms with E-state index >= 15 is 0 Å². The zero-order valence-corrected chi connectivity index (χ0v) is 38.0. The molecule has 16 nitrogen and oxygen atoms in total. The number of allylic oxidation sites excluding steroid dienone is 1. The zero-order chi connectivity index (χ0) is 43.9. The second kappa shape index (κ2) is 17.1. The Bertz CT molecular complexity index is 2250. The molecule has 328 valence electrons. The Hall–Kier alpha value is -4.55. The van der Waals surface area contributed by atoms with Crippen LogP contribution in [0, 0.1) is 5.92 Å². The highest BCUT2D eigenvalue weighted by Crippen LogP contribution is 2.46. The van der Waals surface area contributed by atoms with Gasteiger partial charge in [-0.25, -0.2) is 14.5 Å². The quantitative estimate of drug-likeness (QED) is 0.240. The lowest BCUT2D eigenvalue weighted by atomic mass is 9.93. The molecule has 2 aromatic heterocycles. The average molecular weight is 869 g/mol. The molecule has 4 amide bonds. The molecule has 18 heteroatoms. The van der Waals surface area contributed by atoms with Crippen molar-refractivity contribution in [3.63, 3.8) is 0 Å². The summed E-state index contributed by atoms with van der Waals surface area (Å²) in [6.45, 7) is 15.6. The van der Waals surface area contributed by atoms with E-state index in [1.165, 1.54) is 19.0 Å². The molecule has 2 aliphatic heterocycles. The summed E-state index contributed by atoms with van der Waals surface area (Å²) in [6, 6.07) is 3.97. The smallest absolute Gasteiger partial charge is 0.408 e. The van der Waals surface area contributed by atoms with Gasteiger partial charge in [0.1, 0.15) is 39.9 Å². The number of carbonyl (C=O) groups excluding carboxylic acids is 4. The first kappa shape index (κ1) is 45.0. The molecule has 0 radical (unpaired) electrons. The summed E-state index contributed by atoms with van der Waals surface area (Å²) >= 11 is 1.55. The summed E-state index contributed by atoms with van der Waals surface area (Å²) in [4.78, 5) is 67.5. The van der Waals surface area contributed by atoms with Crippen molar-refractivity contribution in [1.29, 1.82) is 0 Å². The third-order valence-electron chi connectivity index (χ3n) is 11.0. The first-order valence-corrected chi connectivity index (χ1v) is 23.0. The summed E-state index contributed by atoms with van der Waals surface area (Å²) in [6.07, 6.45) is 5.60. The number of benzene rings is 1. The topological polar surface area (TPSA) is 194 Å². The number of carbonyl (C=O) groups is 4. The Balaban J connectivity index is 1.36. The van der Waals surface area contributed by atoms with E-state index in [4.69, 9.17) is 19.4 Å². The van der Waals surface area contributed by atoms with E-state index in [0.717, 1.165) is 38.9 Å². The van der Waals surface area contributed by atoms with Crippen molar-refractivity contribution < 1.29 is 37.1 Å². The molecule has 0 unspecified atom stereocenters. The van der Waals surface area contributed by atoms with Crippen LogP contribution in [0.25, 0.3) is 21.6 Å². The number of aromatic nitrogens is 3. The van der Waals surface area contributed by atoms with Crippen LogP contribution in [-0.2, 0) is 34.7 Å². The summed E-state index contributed by atoms with van der Waals surface area (Å²) in [5.41, 5.74) is 0.848. The minimum absolute atomic E-state index is 0.0283. The molecule has 1 aliphatic carbocycles. The van der Waals surface area contributed by atoms with Gasteiger partial charge in [0.2, 0.25) is 11.8 Å². The standard InChI is InChI=1S/C42H60N8O8S2/c1-25(2)50-30-20-16-18-28(35-44-32(24-59-35)40(3,4)5)33(30)45-38(50)57-27-21-31-34(51)46-42(37(53)47-60(55,56)48(9)10)22-26(42)17-14-12-11-13-15-19-29(36(52)49(31)23-27)43-39(54)58-41(6,7)8/h14,16-18,20,24-27,29,31H,11-13,15,19,21-23H2,1-10H3,(H,43,54)(H,46,51)(H,47,53)/b17-14-/t26-,27-,29+,31+,42-/m1/s1. The minimum Gasteiger partial charge on any atom is -0.459 e. The molecule has 3 N–H and O–H groups in total. The molecule has 3 aliphatic rings. The van der Waals surface area contributed by atoms with Gasteiger partial charge in [0, 0.05) is 48.8 Å². The van der Waals surface area contributed by atoms with Gasteiger partial charge in [-0.2, -0.15) is 17.7 Å². The fraction of sp³-hybridized carbons (Fsp3) is 0.619. The normalized spacial score (nSPS) is 24.9. The Morgan fingerprint density at radius 1 is 1.07 bits per heavy atom. The maximum absolute atomic E-state index is 14.7. The summed E-state index contributed by atoms with van der Waals surface area (Å²) < 4.78 is 42.8. The number of thiazole rings is 1. The maximum atomic E-state index is 14.7. The SMILES string of the molecule is CC(C)n1c(O[C@@H]2C[C@H]3C(=O)N[C@]4(C(=O)NS(=O)(=O)N(C)C)C[C@H]4/C=C\CCCCC[C@H](NC(=O)OC(C)(C)C)C(=O)N3C2)nc2c(-c3nc(C(C)(C)C)cs3)cccc21. The second-order valence-electron chi connectivity index (χ2n) is 18.6. The van der Waals surface area contributed by atoms with Crippen LogP contribution < -0.4 is 20.1 Å². The average Bonchev–Trinajstić information content (AvgIpc) is 3.51. The summed E-state index contributed by atoms with van der Waals surface area (Å²) in [5, 5.41) is 8.53.